The molecule has 4 aromatic rings. The van der Waals surface area contributed by atoms with Crippen LogP contribution in [0.25, 0.3) is 22.3 Å². The first-order valence-corrected chi connectivity index (χ1v) is 24.2. The quantitative estimate of drug-likeness (QED) is 0.0199. The second kappa shape index (κ2) is 30.9. The number of hydrogen-bond donors (Lipinski definition) is 0. The minimum Gasteiger partial charge on any atom is -0.494 e. The van der Waals surface area contributed by atoms with Crippen molar-refractivity contribution >= 4 is 23.9 Å². The zero-order valence-corrected chi connectivity index (χ0v) is 39.4. The lowest BCUT2D eigenvalue weighted by Gasteiger charge is -2.30. The topological polar surface area (TPSA) is 142 Å². The van der Waals surface area contributed by atoms with E-state index >= 15 is 0 Å². The molecule has 0 aromatic heterocycles. The number of carbonyl (C=O) groups is 4. The Morgan fingerprint density at radius 3 is 1.00 bits per heavy atom. The van der Waals surface area contributed by atoms with Crippen LogP contribution in [0.15, 0.2) is 122 Å². The number of esters is 4. The Morgan fingerprint density at radius 1 is 0.412 bits per heavy atom. The van der Waals surface area contributed by atoms with Crippen LogP contribution in [0.3, 0.4) is 0 Å². The van der Waals surface area contributed by atoms with E-state index in [1.807, 2.05) is 72.8 Å². The van der Waals surface area contributed by atoms with Gasteiger partial charge in [0.1, 0.15) is 11.5 Å². The maximum absolute atomic E-state index is 13.2. The van der Waals surface area contributed by atoms with Crippen molar-refractivity contribution in [1.29, 1.82) is 0 Å². The van der Waals surface area contributed by atoms with Gasteiger partial charge in [0.2, 0.25) is 0 Å². The monoisotopic (exact) mass is 932 g/mol. The van der Waals surface area contributed by atoms with E-state index in [2.05, 4.69) is 13.2 Å². The molecule has 1 aliphatic heterocycles. The van der Waals surface area contributed by atoms with Crippen LogP contribution in [-0.4, -0.2) is 76.1 Å². The van der Waals surface area contributed by atoms with Gasteiger partial charge in [0, 0.05) is 12.2 Å². The molecule has 1 heterocycles. The first kappa shape index (κ1) is 52.7. The summed E-state index contributed by atoms with van der Waals surface area (Å²) in [5.74, 6) is -0.373. The first-order chi connectivity index (χ1) is 33.3. The predicted molar refractivity (Wildman–Crippen MR) is 261 cm³/mol. The Labute approximate surface area is 401 Å². The van der Waals surface area contributed by atoms with Crippen molar-refractivity contribution in [3.05, 3.63) is 133 Å². The van der Waals surface area contributed by atoms with Gasteiger partial charge in [-0.3, -0.25) is 0 Å². The fraction of sp³-hybridized carbons (Fsp3) is 0.429. The lowest BCUT2D eigenvalue weighted by molar-refractivity contribution is -0.288. The molecule has 1 aliphatic rings. The molecule has 68 heavy (non-hydrogen) atoms. The summed E-state index contributed by atoms with van der Waals surface area (Å²) >= 11 is 0. The Morgan fingerprint density at radius 2 is 0.691 bits per heavy atom. The van der Waals surface area contributed by atoms with Gasteiger partial charge in [0.25, 0.3) is 12.6 Å². The lowest BCUT2D eigenvalue weighted by atomic mass is 10.0. The fourth-order valence-corrected chi connectivity index (χ4v) is 7.47. The molecule has 1 fully saturated rings. The third kappa shape index (κ3) is 19.5. The maximum Gasteiger partial charge on any atom is 0.340 e. The van der Waals surface area contributed by atoms with Gasteiger partial charge in [-0.2, -0.15) is 0 Å². The van der Waals surface area contributed by atoms with Crippen molar-refractivity contribution in [2.45, 2.75) is 115 Å². The van der Waals surface area contributed by atoms with Crippen molar-refractivity contribution in [1.82, 2.24) is 0 Å². The van der Waals surface area contributed by atoms with E-state index in [0.717, 1.165) is 98.0 Å². The van der Waals surface area contributed by atoms with Crippen molar-refractivity contribution < 1.29 is 57.1 Å². The van der Waals surface area contributed by atoms with Crippen LogP contribution in [0.1, 0.15) is 123 Å². The molecule has 0 amide bonds. The van der Waals surface area contributed by atoms with Crippen LogP contribution < -0.4 is 9.47 Å². The highest BCUT2D eigenvalue weighted by Gasteiger charge is 2.34. The summed E-state index contributed by atoms with van der Waals surface area (Å²) in [6.07, 6.45) is 17.4. The zero-order valence-electron chi connectivity index (χ0n) is 39.4. The number of benzene rings is 4. The lowest BCUT2D eigenvalue weighted by Crippen LogP contribution is -2.44. The Hall–Kier alpha value is -6.24. The molecule has 2 atom stereocenters. The fourth-order valence-electron chi connectivity index (χ4n) is 7.47. The summed E-state index contributed by atoms with van der Waals surface area (Å²) in [7, 11) is 0. The molecule has 0 aliphatic carbocycles. The van der Waals surface area contributed by atoms with Crippen molar-refractivity contribution in [2.75, 3.05) is 39.6 Å². The van der Waals surface area contributed by atoms with Gasteiger partial charge in [0.05, 0.1) is 50.8 Å². The summed E-state index contributed by atoms with van der Waals surface area (Å²) < 4.78 is 44.5. The highest BCUT2D eigenvalue weighted by atomic mass is 16.8. The molecule has 0 N–H and O–H groups in total. The van der Waals surface area contributed by atoms with E-state index in [9.17, 15) is 19.2 Å². The summed E-state index contributed by atoms with van der Waals surface area (Å²) in [4.78, 5) is 48.5. The van der Waals surface area contributed by atoms with Gasteiger partial charge in [-0.1, -0.05) is 139 Å². The molecule has 12 heteroatoms. The number of carbonyl (C=O) groups excluding carboxylic acids is 4. The number of hydrogen-bond acceptors (Lipinski definition) is 12. The van der Waals surface area contributed by atoms with Gasteiger partial charge in [0.15, 0.2) is 0 Å². The minimum atomic E-state index is -1.24. The number of ether oxygens (including phenoxy) is 8. The molecule has 4 aromatic carbocycles. The van der Waals surface area contributed by atoms with Gasteiger partial charge in [-0.25, -0.2) is 19.2 Å². The van der Waals surface area contributed by atoms with E-state index in [1.54, 1.807) is 24.3 Å². The second-order valence-corrected chi connectivity index (χ2v) is 16.6. The van der Waals surface area contributed by atoms with E-state index in [1.165, 1.54) is 50.7 Å². The molecular weight excluding hydrogens is 865 g/mol. The minimum absolute atomic E-state index is 0.171. The molecule has 0 spiro atoms. The molecule has 5 rings (SSSR count). The molecule has 12 nitrogen and oxygen atoms in total. The van der Waals surface area contributed by atoms with Crippen molar-refractivity contribution in [3.63, 3.8) is 0 Å². The number of rotatable bonds is 32. The van der Waals surface area contributed by atoms with Crippen LogP contribution in [0.5, 0.6) is 11.5 Å². The SMILES string of the molecule is C=CC(=O)OCCCCCCCCCCOc1ccc(-c2ccc(C(=O)O[C@@H]3OCCO[C@H]3OC(=O)c3ccc(-c4ccc(OCCCCCCCCCCOC(=O)C=C)cc4)cc3)cc2)cc1. The van der Waals surface area contributed by atoms with Gasteiger partial charge < -0.3 is 37.9 Å². The Kier molecular flexibility index (Phi) is 24.0. The third-order valence-electron chi connectivity index (χ3n) is 11.4. The molecule has 1 saturated heterocycles. The third-order valence-corrected chi connectivity index (χ3v) is 11.4. The summed E-state index contributed by atoms with van der Waals surface area (Å²) in [6, 6.07) is 29.8. The van der Waals surface area contributed by atoms with Crippen molar-refractivity contribution in [3.8, 4) is 33.8 Å². The molecule has 0 bridgehead atoms. The first-order valence-electron chi connectivity index (χ1n) is 24.2. The maximum atomic E-state index is 13.2. The van der Waals surface area contributed by atoms with Gasteiger partial charge >= 0.3 is 23.9 Å². The highest BCUT2D eigenvalue weighted by molar-refractivity contribution is 5.91. The van der Waals surface area contributed by atoms with E-state index in [0.29, 0.717) is 37.6 Å². The van der Waals surface area contributed by atoms with Crippen LogP contribution >= 0.6 is 0 Å². The smallest absolute Gasteiger partial charge is 0.340 e. The second-order valence-electron chi connectivity index (χ2n) is 16.6. The van der Waals surface area contributed by atoms with Gasteiger partial charge in [-0.15, -0.1) is 0 Å². The molecule has 0 saturated carbocycles. The predicted octanol–water partition coefficient (Wildman–Crippen LogP) is 12.2. The van der Waals surface area contributed by atoms with Crippen LogP contribution in [0, 0.1) is 0 Å². The zero-order chi connectivity index (χ0) is 48.0. The van der Waals surface area contributed by atoms with E-state index < -0.39 is 24.5 Å². The van der Waals surface area contributed by atoms with E-state index in [4.69, 9.17) is 37.9 Å². The Bertz CT molecular complexity index is 1960. The molecule has 364 valence electrons. The average molecular weight is 933 g/mol. The average Bonchev–Trinajstić information content (AvgIpc) is 3.37. The summed E-state index contributed by atoms with van der Waals surface area (Å²) in [5.41, 5.74) is 4.42. The normalized spacial score (nSPS) is 14.3. The molecule has 0 unspecified atom stereocenters. The van der Waals surface area contributed by atoms with Crippen LogP contribution in [0.2, 0.25) is 0 Å². The largest absolute Gasteiger partial charge is 0.494 e. The van der Waals surface area contributed by atoms with Gasteiger partial charge in [-0.05, 0) is 96.5 Å². The number of unbranched alkanes of at least 4 members (excludes halogenated alkanes) is 14. The van der Waals surface area contributed by atoms with Crippen molar-refractivity contribution in [2.24, 2.45) is 0 Å². The van der Waals surface area contributed by atoms with E-state index in [-0.39, 0.29) is 25.2 Å². The summed E-state index contributed by atoms with van der Waals surface area (Å²) in [5, 5.41) is 0. The van der Waals surface area contributed by atoms with Crippen LogP contribution in [-0.2, 0) is 38.0 Å². The molecular formula is C56H68O12. The summed E-state index contributed by atoms with van der Waals surface area (Å²) in [6.45, 7) is 9.38. The molecule has 0 radical (unpaired) electrons. The highest BCUT2D eigenvalue weighted by Crippen LogP contribution is 2.26. The van der Waals surface area contributed by atoms with Crippen LogP contribution in [0.4, 0.5) is 0 Å². The Balaban J connectivity index is 0.955. The standard InChI is InChI=1S/C56H68O12/c1-3-51(57)63-39-19-15-11-7-5-9-13-17-37-61-49-33-29-45(30-34-49)43-21-25-47(26-22-43)53(59)67-55-56(66-42-41-65-55)68-54(60)48-27-23-44(24-28-48)46-31-35-50(36-32-46)62-38-18-14-10-6-8-12-16-20-40-64-52(58)4-2/h3-4,21-36,55-56H,1-2,5-20,37-42H2/t55-,56-/m0/s1.